The number of nitrogens with one attached hydrogen (secondary N) is 1. The Hall–Kier alpha value is -2.87. The second-order valence-corrected chi connectivity index (χ2v) is 5.40. The van der Waals surface area contributed by atoms with Crippen LogP contribution in [0.5, 0.6) is 0 Å². The lowest BCUT2D eigenvalue weighted by molar-refractivity contribution is 0.773. The van der Waals surface area contributed by atoms with Crippen LogP contribution in [-0.2, 0) is 7.05 Å². The normalized spacial score (nSPS) is 12.1. The van der Waals surface area contributed by atoms with Crippen molar-refractivity contribution in [1.29, 1.82) is 5.26 Å². The molecule has 0 aliphatic rings. The highest BCUT2D eigenvalue weighted by molar-refractivity contribution is 5.81. The lowest BCUT2D eigenvalue weighted by Gasteiger charge is -2.15. The molecule has 1 aromatic carbocycles. The minimum atomic E-state index is 0.129. The quantitative estimate of drug-likeness (QED) is 0.804. The second-order valence-electron chi connectivity index (χ2n) is 5.40. The Morgan fingerprint density at radius 3 is 2.68 bits per heavy atom. The van der Waals surface area contributed by atoms with Gasteiger partial charge in [0, 0.05) is 18.5 Å². The maximum absolute atomic E-state index is 8.85. The molecule has 0 fully saturated rings. The summed E-state index contributed by atoms with van der Waals surface area (Å²) in [5.41, 5.74) is 4.61. The third kappa shape index (κ3) is 2.51. The van der Waals surface area contributed by atoms with E-state index in [1.165, 1.54) is 0 Å². The van der Waals surface area contributed by atoms with E-state index in [4.69, 9.17) is 5.26 Å². The first-order chi connectivity index (χ1) is 10.6. The van der Waals surface area contributed by atoms with E-state index in [1.807, 2.05) is 44.4 Å². The van der Waals surface area contributed by atoms with Gasteiger partial charge in [0.1, 0.15) is 0 Å². The Morgan fingerprint density at radius 1 is 1.27 bits per heavy atom. The van der Waals surface area contributed by atoms with E-state index in [9.17, 15) is 0 Å². The van der Waals surface area contributed by atoms with Crippen LogP contribution >= 0.6 is 0 Å². The molecular formula is C17H17N5. The fourth-order valence-corrected chi connectivity index (χ4v) is 2.57. The fourth-order valence-electron chi connectivity index (χ4n) is 2.57. The highest BCUT2D eigenvalue weighted by Gasteiger charge is 2.09. The van der Waals surface area contributed by atoms with Crippen LogP contribution in [0.2, 0.25) is 0 Å². The van der Waals surface area contributed by atoms with Crippen LogP contribution in [0.1, 0.15) is 29.8 Å². The predicted octanol–water partition coefficient (Wildman–Crippen LogP) is 3.32. The van der Waals surface area contributed by atoms with Crippen LogP contribution in [0.25, 0.3) is 11.0 Å². The molecule has 1 unspecified atom stereocenters. The number of rotatable bonds is 3. The van der Waals surface area contributed by atoms with Crippen LogP contribution in [0.3, 0.4) is 0 Å². The number of benzene rings is 1. The number of nitrogens with zero attached hydrogens (tertiary/aromatic N) is 4. The highest BCUT2D eigenvalue weighted by Crippen LogP contribution is 2.23. The summed E-state index contributed by atoms with van der Waals surface area (Å²) in [5, 5.41) is 17.7. The molecule has 0 amide bonds. The Bertz CT molecular complexity index is 855. The first kappa shape index (κ1) is 14.1. The second kappa shape index (κ2) is 5.49. The first-order valence-corrected chi connectivity index (χ1v) is 7.14. The van der Waals surface area contributed by atoms with Crippen molar-refractivity contribution < 1.29 is 0 Å². The molecule has 0 radical (unpaired) electrons. The summed E-state index contributed by atoms with van der Waals surface area (Å²) < 4.78 is 1.79. The molecular weight excluding hydrogens is 274 g/mol. The monoisotopic (exact) mass is 291 g/mol. The van der Waals surface area contributed by atoms with Crippen molar-refractivity contribution in [3.63, 3.8) is 0 Å². The zero-order valence-electron chi connectivity index (χ0n) is 12.8. The largest absolute Gasteiger partial charge is 0.377 e. The number of nitriles is 1. The Balaban J connectivity index is 1.85. The van der Waals surface area contributed by atoms with E-state index in [1.54, 1.807) is 4.68 Å². The SMILES string of the molecule is Cc1nn(C)c2ncc(NC(C)c3ccc(C#N)cc3)cc12. The Kier molecular flexibility index (Phi) is 3.51. The van der Waals surface area contributed by atoms with Gasteiger partial charge >= 0.3 is 0 Å². The zero-order chi connectivity index (χ0) is 15.7. The summed E-state index contributed by atoms with van der Waals surface area (Å²) in [7, 11) is 1.90. The molecule has 2 heterocycles. The van der Waals surface area contributed by atoms with Gasteiger partial charge in [-0.1, -0.05) is 12.1 Å². The molecule has 0 saturated carbocycles. The van der Waals surface area contributed by atoms with Crippen molar-refractivity contribution in [2.24, 2.45) is 7.05 Å². The smallest absolute Gasteiger partial charge is 0.157 e. The molecule has 5 heteroatoms. The highest BCUT2D eigenvalue weighted by atomic mass is 15.3. The molecule has 3 aromatic rings. The molecule has 0 spiro atoms. The van der Waals surface area contributed by atoms with Gasteiger partial charge in [0.05, 0.1) is 29.2 Å². The van der Waals surface area contributed by atoms with Crippen LogP contribution < -0.4 is 5.32 Å². The topological polar surface area (TPSA) is 66.5 Å². The third-order valence-electron chi connectivity index (χ3n) is 3.79. The van der Waals surface area contributed by atoms with Crippen LogP contribution in [-0.4, -0.2) is 14.8 Å². The van der Waals surface area contributed by atoms with Gasteiger partial charge in [0.2, 0.25) is 0 Å². The van der Waals surface area contributed by atoms with E-state index in [2.05, 4.69) is 34.5 Å². The molecule has 0 aliphatic carbocycles. The van der Waals surface area contributed by atoms with Crippen molar-refractivity contribution in [3.8, 4) is 6.07 Å². The van der Waals surface area contributed by atoms with E-state index < -0.39 is 0 Å². The Morgan fingerprint density at radius 2 is 2.00 bits per heavy atom. The van der Waals surface area contributed by atoms with Gasteiger partial charge in [0.15, 0.2) is 5.65 Å². The maximum atomic E-state index is 8.85. The number of aromatic nitrogens is 3. The van der Waals surface area contributed by atoms with E-state index >= 15 is 0 Å². The van der Waals surface area contributed by atoms with Gasteiger partial charge in [0.25, 0.3) is 0 Å². The summed E-state index contributed by atoms with van der Waals surface area (Å²) in [4.78, 5) is 4.47. The van der Waals surface area contributed by atoms with Gasteiger partial charge < -0.3 is 5.32 Å². The lowest BCUT2D eigenvalue weighted by Crippen LogP contribution is -2.07. The van der Waals surface area contributed by atoms with Crippen LogP contribution in [0.15, 0.2) is 36.5 Å². The summed E-state index contributed by atoms with van der Waals surface area (Å²) in [6, 6.07) is 11.9. The van der Waals surface area contributed by atoms with E-state index in [0.29, 0.717) is 5.56 Å². The van der Waals surface area contributed by atoms with Crippen molar-refractivity contribution in [3.05, 3.63) is 53.3 Å². The summed E-state index contributed by atoms with van der Waals surface area (Å²) in [6.07, 6.45) is 1.82. The zero-order valence-corrected chi connectivity index (χ0v) is 12.8. The van der Waals surface area contributed by atoms with Gasteiger partial charge in [-0.25, -0.2) is 4.98 Å². The number of hydrogen-bond acceptors (Lipinski definition) is 4. The fraction of sp³-hybridized carbons (Fsp3) is 0.235. The molecule has 22 heavy (non-hydrogen) atoms. The Labute approximate surface area is 129 Å². The molecule has 3 rings (SSSR count). The van der Waals surface area contributed by atoms with E-state index in [-0.39, 0.29) is 6.04 Å². The van der Waals surface area contributed by atoms with E-state index in [0.717, 1.165) is 28.0 Å². The number of fused-ring (bicyclic) bond motifs is 1. The molecule has 0 aliphatic heterocycles. The van der Waals surface area contributed by atoms with Crippen LogP contribution in [0.4, 0.5) is 5.69 Å². The standard InChI is InChI=1S/C17H17N5/c1-11(14-6-4-13(9-18)5-7-14)20-15-8-16-12(2)21-22(3)17(16)19-10-15/h4-8,10-11,20H,1-3H3. The molecule has 1 N–H and O–H groups in total. The first-order valence-electron chi connectivity index (χ1n) is 7.14. The lowest BCUT2D eigenvalue weighted by atomic mass is 10.1. The summed E-state index contributed by atoms with van der Waals surface area (Å²) in [6.45, 7) is 4.07. The van der Waals surface area contributed by atoms with Crippen molar-refractivity contribution in [1.82, 2.24) is 14.8 Å². The van der Waals surface area contributed by atoms with Gasteiger partial charge in [-0.15, -0.1) is 0 Å². The molecule has 1 atom stereocenters. The average Bonchev–Trinajstić information content (AvgIpc) is 2.81. The molecule has 2 aromatic heterocycles. The van der Waals surface area contributed by atoms with Gasteiger partial charge in [-0.05, 0) is 37.6 Å². The number of pyridine rings is 1. The molecule has 0 bridgehead atoms. The minimum Gasteiger partial charge on any atom is -0.377 e. The number of aryl methyl sites for hydroxylation is 2. The average molecular weight is 291 g/mol. The third-order valence-corrected chi connectivity index (χ3v) is 3.79. The molecule has 110 valence electrons. The van der Waals surface area contributed by atoms with Crippen molar-refractivity contribution >= 4 is 16.7 Å². The van der Waals surface area contributed by atoms with Crippen molar-refractivity contribution in [2.75, 3.05) is 5.32 Å². The predicted molar refractivity (Wildman–Crippen MR) is 86.4 cm³/mol. The maximum Gasteiger partial charge on any atom is 0.157 e. The van der Waals surface area contributed by atoms with Crippen LogP contribution in [0, 0.1) is 18.3 Å². The minimum absolute atomic E-state index is 0.129. The summed E-state index contributed by atoms with van der Waals surface area (Å²) in [5.74, 6) is 0. The van der Waals surface area contributed by atoms with Gasteiger partial charge in [-0.2, -0.15) is 10.4 Å². The summed E-state index contributed by atoms with van der Waals surface area (Å²) >= 11 is 0. The molecule has 0 saturated heterocycles. The molecule has 5 nitrogen and oxygen atoms in total. The number of hydrogen-bond donors (Lipinski definition) is 1. The number of anilines is 1. The van der Waals surface area contributed by atoms with Crippen molar-refractivity contribution in [2.45, 2.75) is 19.9 Å². The van der Waals surface area contributed by atoms with Gasteiger partial charge in [-0.3, -0.25) is 4.68 Å².